The van der Waals surface area contributed by atoms with Crippen LogP contribution in [0.2, 0.25) is 5.02 Å². The summed E-state index contributed by atoms with van der Waals surface area (Å²) < 4.78 is 12.3. The molecule has 4 aliphatic heterocycles. The summed E-state index contributed by atoms with van der Waals surface area (Å²) in [4.78, 5) is 41.7. The second-order valence-electron chi connectivity index (χ2n) is 7.83. The van der Waals surface area contributed by atoms with Gasteiger partial charge in [-0.15, -0.1) is 0 Å². The van der Waals surface area contributed by atoms with E-state index in [1.807, 2.05) is 6.92 Å². The molecular weight excluding hydrogens is 386 g/mol. The van der Waals surface area contributed by atoms with Crippen LogP contribution in [0.15, 0.2) is 0 Å². The maximum absolute atomic E-state index is 13.3. The van der Waals surface area contributed by atoms with Crippen molar-refractivity contribution in [1.29, 1.82) is 0 Å². The molecule has 1 aromatic carbocycles. The zero-order valence-electron chi connectivity index (χ0n) is 15.6. The predicted octanol–water partition coefficient (Wildman–Crippen LogP) is 2.60. The Balaban J connectivity index is 1.78. The molecule has 148 valence electrons. The Labute approximate surface area is 166 Å². The van der Waals surface area contributed by atoms with E-state index in [0.717, 1.165) is 12.8 Å². The molecule has 5 rings (SSSR count). The summed E-state index contributed by atoms with van der Waals surface area (Å²) in [6.45, 7) is 4.31. The quantitative estimate of drug-likeness (QED) is 0.775. The van der Waals surface area contributed by atoms with E-state index in [1.54, 1.807) is 9.80 Å². The normalized spacial score (nSPS) is 27.5. The van der Waals surface area contributed by atoms with Crippen molar-refractivity contribution in [1.82, 2.24) is 9.80 Å². The molecule has 2 unspecified atom stereocenters. The molecular formula is C19H20ClN3O5. The number of carbonyl (C=O) groups is 3. The van der Waals surface area contributed by atoms with Gasteiger partial charge in [0.1, 0.15) is 21.8 Å². The van der Waals surface area contributed by atoms with Crippen LogP contribution in [-0.2, 0) is 4.79 Å². The van der Waals surface area contributed by atoms with Crippen LogP contribution in [0.3, 0.4) is 0 Å². The molecule has 1 N–H and O–H groups in total. The zero-order chi connectivity index (χ0) is 19.8. The molecule has 4 heterocycles. The molecule has 0 spiro atoms. The fourth-order valence-corrected chi connectivity index (χ4v) is 4.96. The number of amides is 3. The van der Waals surface area contributed by atoms with Gasteiger partial charge in [0.15, 0.2) is 23.5 Å². The third kappa shape index (κ3) is 2.21. The van der Waals surface area contributed by atoms with E-state index in [0.29, 0.717) is 25.9 Å². The van der Waals surface area contributed by atoms with Crippen molar-refractivity contribution in [3.63, 3.8) is 0 Å². The first kappa shape index (κ1) is 17.6. The van der Waals surface area contributed by atoms with Crippen molar-refractivity contribution >= 4 is 35.0 Å². The van der Waals surface area contributed by atoms with Gasteiger partial charge in [-0.2, -0.15) is 0 Å². The lowest BCUT2D eigenvalue weighted by molar-refractivity contribution is -0.114. The van der Waals surface area contributed by atoms with Gasteiger partial charge in [0, 0.05) is 32.9 Å². The average Bonchev–Trinajstić information content (AvgIpc) is 3.25. The number of hydrogen-bond acceptors (Lipinski definition) is 5. The number of hydrogen-bond donors (Lipinski definition) is 1. The highest BCUT2D eigenvalue weighted by molar-refractivity contribution is 6.37. The van der Waals surface area contributed by atoms with Crippen LogP contribution in [0.4, 0.5) is 5.69 Å². The molecule has 1 aromatic rings. The summed E-state index contributed by atoms with van der Waals surface area (Å²) in [7, 11) is 0. The minimum atomic E-state index is -0.815. The Morgan fingerprint density at radius 2 is 1.96 bits per heavy atom. The van der Waals surface area contributed by atoms with Crippen LogP contribution >= 0.6 is 11.6 Å². The van der Waals surface area contributed by atoms with E-state index in [9.17, 15) is 14.4 Å². The molecule has 9 heteroatoms. The number of nitrogens with one attached hydrogen (secondary N) is 1. The minimum Gasteiger partial charge on any atom is -0.467 e. The Kier molecular flexibility index (Phi) is 3.62. The number of ether oxygens (including phenoxy) is 2. The van der Waals surface area contributed by atoms with Crippen LogP contribution in [0.5, 0.6) is 11.5 Å². The highest BCUT2D eigenvalue weighted by atomic mass is 35.5. The van der Waals surface area contributed by atoms with E-state index >= 15 is 0 Å². The number of fused-ring (bicyclic) bond motifs is 4. The van der Waals surface area contributed by atoms with Crippen LogP contribution in [0.1, 0.15) is 60.2 Å². The van der Waals surface area contributed by atoms with Crippen molar-refractivity contribution in [2.45, 2.75) is 51.5 Å². The number of benzene rings is 1. The first-order chi connectivity index (χ1) is 13.3. The first-order valence-corrected chi connectivity index (χ1v) is 9.85. The zero-order valence-corrected chi connectivity index (χ0v) is 16.4. The summed E-state index contributed by atoms with van der Waals surface area (Å²) in [6.07, 6.45) is 2.55. The number of halogens is 1. The van der Waals surface area contributed by atoms with Gasteiger partial charge in [0.05, 0.1) is 0 Å². The van der Waals surface area contributed by atoms with E-state index in [4.69, 9.17) is 21.1 Å². The molecule has 3 amide bonds. The van der Waals surface area contributed by atoms with Crippen molar-refractivity contribution in [3.8, 4) is 11.5 Å². The third-order valence-corrected chi connectivity index (χ3v) is 6.31. The monoisotopic (exact) mass is 405 g/mol. The molecule has 2 fully saturated rings. The summed E-state index contributed by atoms with van der Waals surface area (Å²) >= 11 is 6.62. The smallest absolute Gasteiger partial charge is 0.263 e. The SMILES string of the molecule is CC(=O)Nc1c2c(c(Cl)c3c1C(=O)N1CCCC1(C)O3)C(=O)N1CCCC1O2. The molecule has 0 saturated carbocycles. The van der Waals surface area contributed by atoms with E-state index in [1.165, 1.54) is 6.92 Å². The van der Waals surface area contributed by atoms with Crippen LogP contribution in [0, 0.1) is 0 Å². The molecule has 0 aliphatic carbocycles. The number of carbonyl (C=O) groups excluding carboxylic acids is 3. The van der Waals surface area contributed by atoms with Crippen molar-refractivity contribution in [2.24, 2.45) is 0 Å². The molecule has 0 bridgehead atoms. The maximum atomic E-state index is 13.3. The van der Waals surface area contributed by atoms with Gasteiger partial charge in [-0.05, 0) is 19.8 Å². The Morgan fingerprint density at radius 3 is 2.71 bits per heavy atom. The topological polar surface area (TPSA) is 88.2 Å². The minimum absolute atomic E-state index is 0.0653. The number of anilines is 1. The van der Waals surface area contributed by atoms with E-state index in [-0.39, 0.29) is 51.1 Å². The van der Waals surface area contributed by atoms with Crippen LogP contribution in [-0.4, -0.2) is 52.6 Å². The second kappa shape index (κ2) is 5.76. The fraction of sp³-hybridized carbons (Fsp3) is 0.526. The summed E-state index contributed by atoms with van der Waals surface area (Å²) in [6, 6.07) is 0. The van der Waals surface area contributed by atoms with Gasteiger partial charge >= 0.3 is 0 Å². The first-order valence-electron chi connectivity index (χ1n) is 9.47. The van der Waals surface area contributed by atoms with Crippen molar-refractivity contribution in [2.75, 3.05) is 18.4 Å². The van der Waals surface area contributed by atoms with Gasteiger partial charge in [0.2, 0.25) is 5.91 Å². The van der Waals surface area contributed by atoms with E-state index in [2.05, 4.69) is 5.32 Å². The molecule has 0 aromatic heterocycles. The van der Waals surface area contributed by atoms with Gasteiger partial charge < -0.3 is 24.6 Å². The fourth-order valence-electron chi connectivity index (χ4n) is 4.66. The molecule has 28 heavy (non-hydrogen) atoms. The molecule has 2 saturated heterocycles. The van der Waals surface area contributed by atoms with Gasteiger partial charge in [-0.1, -0.05) is 11.6 Å². The lowest BCUT2D eigenvalue weighted by atomic mass is 9.98. The van der Waals surface area contributed by atoms with Gasteiger partial charge in [0.25, 0.3) is 11.8 Å². The van der Waals surface area contributed by atoms with Gasteiger partial charge in [-0.3, -0.25) is 14.4 Å². The van der Waals surface area contributed by atoms with Gasteiger partial charge in [-0.25, -0.2) is 0 Å². The van der Waals surface area contributed by atoms with E-state index < -0.39 is 12.0 Å². The highest BCUT2D eigenvalue weighted by Gasteiger charge is 2.51. The molecule has 0 radical (unpaired) electrons. The summed E-state index contributed by atoms with van der Waals surface area (Å²) in [5, 5.41) is 2.76. The third-order valence-electron chi connectivity index (χ3n) is 5.95. The number of nitrogens with zero attached hydrogens (tertiary/aromatic N) is 2. The Bertz CT molecular complexity index is 948. The Morgan fingerprint density at radius 1 is 1.18 bits per heavy atom. The lowest BCUT2D eigenvalue weighted by Crippen LogP contribution is -2.53. The molecule has 2 atom stereocenters. The Hall–Kier alpha value is -2.48. The largest absolute Gasteiger partial charge is 0.467 e. The second-order valence-corrected chi connectivity index (χ2v) is 8.21. The number of rotatable bonds is 1. The van der Waals surface area contributed by atoms with Crippen LogP contribution < -0.4 is 14.8 Å². The summed E-state index contributed by atoms with van der Waals surface area (Å²) in [5.74, 6) is -0.617. The average molecular weight is 406 g/mol. The maximum Gasteiger partial charge on any atom is 0.263 e. The predicted molar refractivity (Wildman–Crippen MR) is 99.7 cm³/mol. The van der Waals surface area contributed by atoms with Crippen molar-refractivity contribution < 1.29 is 23.9 Å². The highest BCUT2D eigenvalue weighted by Crippen LogP contribution is 2.53. The van der Waals surface area contributed by atoms with Crippen molar-refractivity contribution in [3.05, 3.63) is 16.1 Å². The molecule has 8 nitrogen and oxygen atoms in total. The molecule has 4 aliphatic rings. The standard InChI is InChI=1S/C19H20ClN3O5/c1-9(24)21-14-12-15(28-19(2)6-4-8-23(19)18(12)26)13(20)11-16(14)27-10-5-3-7-22(10)17(11)25/h10H,3-8H2,1-2H3,(H,21,24). The van der Waals surface area contributed by atoms with Crippen LogP contribution in [0.25, 0.3) is 0 Å². The summed E-state index contributed by atoms with van der Waals surface area (Å²) in [5.41, 5.74) is -0.354. The lowest BCUT2D eigenvalue weighted by Gasteiger charge is -2.42.